The largest absolute Gasteiger partial charge is 0.497 e. The van der Waals surface area contributed by atoms with Crippen molar-refractivity contribution in [3.8, 4) is 11.5 Å². The van der Waals surface area contributed by atoms with Crippen LogP contribution in [0.15, 0.2) is 41.0 Å². The Balaban J connectivity index is 1.65. The lowest BCUT2D eigenvalue weighted by Crippen LogP contribution is -2.45. The van der Waals surface area contributed by atoms with Crippen LogP contribution in [0.1, 0.15) is 22.0 Å². The number of methoxy groups -OCH3 is 2. The van der Waals surface area contributed by atoms with Crippen LogP contribution < -0.4 is 9.47 Å². The van der Waals surface area contributed by atoms with Crippen LogP contribution in [-0.2, 0) is 9.53 Å². The van der Waals surface area contributed by atoms with E-state index in [1.54, 1.807) is 31.3 Å². The number of morpholine rings is 1. The summed E-state index contributed by atoms with van der Waals surface area (Å²) in [5.74, 6) is 0.851. The molecule has 0 spiro atoms. The summed E-state index contributed by atoms with van der Waals surface area (Å²) in [6, 6.07) is 8.91. The Bertz CT molecular complexity index is 891. The first-order chi connectivity index (χ1) is 14.6. The van der Waals surface area contributed by atoms with Gasteiger partial charge in [0.2, 0.25) is 5.91 Å². The van der Waals surface area contributed by atoms with E-state index in [2.05, 4.69) is 0 Å². The summed E-state index contributed by atoms with van der Waals surface area (Å²) in [6.45, 7) is 2.93. The third-order valence-corrected chi connectivity index (χ3v) is 5.82. The fourth-order valence-corrected chi connectivity index (χ4v) is 4.23. The minimum absolute atomic E-state index is 0.0379. The van der Waals surface area contributed by atoms with Crippen LogP contribution in [0.4, 0.5) is 0 Å². The highest BCUT2D eigenvalue weighted by Crippen LogP contribution is 2.40. The van der Waals surface area contributed by atoms with Crippen molar-refractivity contribution in [2.24, 2.45) is 5.92 Å². The zero-order chi connectivity index (χ0) is 21.1. The van der Waals surface area contributed by atoms with Gasteiger partial charge in [-0.1, -0.05) is 6.07 Å². The number of rotatable bonds is 5. The van der Waals surface area contributed by atoms with Gasteiger partial charge in [0, 0.05) is 43.7 Å². The minimum atomic E-state index is -0.371. The molecule has 8 nitrogen and oxygen atoms in total. The van der Waals surface area contributed by atoms with E-state index >= 15 is 0 Å². The maximum absolute atomic E-state index is 13.4. The maximum Gasteiger partial charge on any atom is 0.289 e. The molecule has 0 saturated carbocycles. The molecular weight excluding hydrogens is 388 g/mol. The molecule has 30 heavy (non-hydrogen) atoms. The number of hydrogen-bond acceptors (Lipinski definition) is 6. The third-order valence-electron chi connectivity index (χ3n) is 5.82. The Kier molecular flexibility index (Phi) is 5.94. The molecule has 0 unspecified atom stereocenters. The predicted molar refractivity (Wildman–Crippen MR) is 108 cm³/mol. The summed E-state index contributed by atoms with van der Waals surface area (Å²) < 4.78 is 21.6. The van der Waals surface area contributed by atoms with Gasteiger partial charge in [-0.3, -0.25) is 9.59 Å². The van der Waals surface area contributed by atoms with Gasteiger partial charge in [-0.2, -0.15) is 0 Å². The lowest BCUT2D eigenvalue weighted by molar-refractivity contribution is -0.139. The van der Waals surface area contributed by atoms with Gasteiger partial charge in [0.05, 0.1) is 39.6 Å². The summed E-state index contributed by atoms with van der Waals surface area (Å²) in [4.78, 5) is 29.8. The monoisotopic (exact) mass is 414 g/mol. The van der Waals surface area contributed by atoms with Gasteiger partial charge in [-0.05, 0) is 18.2 Å². The highest BCUT2D eigenvalue weighted by Gasteiger charge is 2.44. The van der Waals surface area contributed by atoms with Crippen LogP contribution in [0.3, 0.4) is 0 Å². The van der Waals surface area contributed by atoms with Crippen molar-refractivity contribution in [1.82, 2.24) is 9.80 Å². The summed E-state index contributed by atoms with van der Waals surface area (Å²) in [5, 5.41) is 0. The first-order valence-electron chi connectivity index (χ1n) is 10.0. The molecule has 0 bridgehead atoms. The van der Waals surface area contributed by atoms with Crippen LogP contribution in [0.2, 0.25) is 0 Å². The zero-order valence-electron chi connectivity index (χ0n) is 17.2. The van der Waals surface area contributed by atoms with E-state index in [4.69, 9.17) is 18.6 Å². The van der Waals surface area contributed by atoms with Gasteiger partial charge in [-0.25, -0.2) is 0 Å². The molecule has 2 fully saturated rings. The van der Waals surface area contributed by atoms with Gasteiger partial charge in [-0.15, -0.1) is 0 Å². The van der Waals surface area contributed by atoms with Gasteiger partial charge >= 0.3 is 0 Å². The molecule has 2 atom stereocenters. The van der Waals surface area contributed by atoms with Crippen LogP contribution in [0.25, 0.3) is 0 Å². The fourth-order valence-electron chi connectivity index (χ4n) is 4.23. The molecule has 3 heterocycles. The molecule has 0 aliphatic carbocycles. The molecule has 1 aromatic carbocycles. The highest BCUT2D eigenvalue weighted by molar-refractivity contribution is 5.93. The van der Waals surface area contributed by atoms with Crippen LogP contribution >= 0.6 is 0 Å². The Morgan fingerprint density at radius 1 is 1.03 bits per heavy atom. The Hall–Kier alpha value is -3.00. The summed E-state index contributed by atoms with van der Waals surface area (Å²) >= 11 is 0. The number of benzene rings is 1. The molecule has 2 amide bonds. The van der Waals surface area contributed by atoms with Crippen molar-refractivity contribution in [3.05, 3.63) is 47.9 Å². The maximum atomic E-state index is 13.4. The lowest BCUT2D eigenvalue weighted by atomic mass is 9.87. The van der Waals surface area contributed by atoms with Crippen molar-refractivity contribution in [1.29, 1.82) is 0 Å². The van der Waals surface area contributed by atoms with Crippen LogP contribution in [-0.4, -0.2) is 75.2 Å². The lowest BCUT2D eigenvalue weighted by Gasteiger charge is -2.31. The third kappa shape index (κ3) is 3.87. The summed E-state index contributed by atoms with van der Waals surface area (Å²) in [6.07, 6.45) is 1.48. The molecule has 160 valence electrons. The number of nitrogens with zero attached hydrogens (tertiary/aromatic N) is 2. The molecule has 0 N–H and O–H groups in total. The molecule has 2 aliphatic heterocycles. The second-order valence-electron chi connectivity index (χ2n) is 7.45. The topological polar surface area (TPSA) is 81.5 Å². The Labute approximate surface area is 175 Å². The predicted octanol–water partition coefficient (Wildman–Crippen LogP) is 2.01. The number of carbonyl (C=O) groups excluding carboxylic acids is 2. The quantitative estimate of drug-likeness (QED) is 0.745. The standard InChI is InChI=1S/C22H26N2O6/c1-27-15-5-6-16(20(12-15)28-2)17-13-24(22(26)19-4-3-9-30-19)14-18(17)21(25)23-7-10-29-11-8-23/h3-6,9,12,17-18H,7-8,10-11,13-14H2,1-2H3/t17-,18+/m1/s1. The molecule has 0 radical (unpaired) electrons. The van der Waals surface area contributed by atoms with Crippen molar-refractivity contribution >= 4 is 11.8 Å². The molecule has 1 aromatic heterocycles. The number of hydrogen-bond donors (Lipinski definition) is 0. The van der Waals surface area contributed by atoms with Gasteiger partial charge in [0.25, 0.3) is 5.91 Å². The average molecular weight is 414 g/mol. The average Bonchev–Trinajstić information content (AvgIpc) is 3.49. The number of carbonyl (C=O) groups is 2. The number of furan rings is 1. The molecular formula is C22H26N2O6. The first-order valence-corrected chi connectivity index (χ1v) is 10.0. The molecule has 8 heteroatoms. The SMILES string of the molecule is COc1ccc([C@H]2CN(C(=O)c3ccco3)C[C@@H]2C(=O)N2CCOCC2)c(OC)c1. The van der Waals surface area contributed by atoms with Crippen molar-refractivity contribution in [2.45, 2.75) is 5.92 Å². The van der Waals surface area contributed by atoms with Crippen LogP contribution in [0.5, 0.6) is 11.5 Å². The second-order valence-corrected chi connectivity index (χ2v) is 7.45. The number of amides is 2. The van der Waals surface area contributed by atoms with E-state index in [0.29, 0.717) is 50.9 Å². The van der Waals surface area contributed by atoms with Crippen molar-refractivity contribution in [2.75, 3.05) is 53.6 Å². The van der Waals surface area contributed by atoms with E-state index in [-0.39, 0.29) is 29.4 Å². The van der Waals surface area contributed by atoms with Gasteiger partial charge in [0.1, 0.15) is 11.5 Å². The van der Waals surface area contributed by atoms with E-state index in [1.165, 1.54) is 6.26 Å². The zero-order valence-corrected chi connectivity index (χ0v) is 17.2. The smallest absolute Gasteiger partial charge is 0.289 e. The number of likely N-dealkylation sites (tertiary alicyclic amines) is 1. The van der Waals surface area contributed by atoms with Gasteiger partial charge in [0.15, 0.2) is 5.76 Å². The molecule has 4 rings (SSSR count). The molecule has 2 saturated heterocycles. The number of ether oxygens (including phenoxy) is 3. The fraction of sp³-hybridized carbons (Fsp3) is 0.455. The Morgan fingerprint density at radius 2 is 1.83 bits per heavy atom. The normalized spacial score (nSPS) is 21.5. The minimum Gasteiger partial charge on any atom is -0.497 e. The molecule has 2 aromatic rings. The van der Waals surface area contributed by atoms with Crippen LogP contribution in [0, 0.1) is 5.92 Å². The van der Waals surface area contributed by atoms with E-state index in [1.807, 2.05) is 23.1 Å². The molecule has 2 aliphatic rings. The summed E-state index contributed by atoms with van der Waals surface area (Å²) in [5.41, 5.74) is 0.889. The van der Waals surface area contributed by atoms with Crippen molar-refractivity contribution in [3.63, 3.8) is 0 Å². The van der Waals surface area contributed by atoms with Crippen molar-refractivity contribution < 1.29 is 28.2 Å². The van der Waals surface area contributed by atoms with Gasteiger partial charge < -0.3 is 28.4 Å². The Morgan fingerprint density at radius 3 is 2.50 bits per heavy atom. The van der Waals surface area contributed by atoms with E-state index < -0.39 is 0 Å². The van der Waals surface area contributed by atoms with E-state index in [0.717, 1.165) is 5.56 Å². The first kappa shape index (κ1) is 20.3. The summed E-state index contributed by atoms with van der Waals surface area (Å²) in [7, 11) is 3.19. The second kappa shape index (κ2) is 8.79. The van der Waals surface area contributed by atoms with E-state index in [9.17, 15) is 9.59 Å². The highest BCUT2D eigenvalue weighted by atomic mass is 16.5.